The second-order valence-corrected chi connectivity index (χ2v) is 5.75. The zero-order valence-corrected chi connectivity index (χ0v) is 12.5. The van der Waals surface area contributed by atoms with Gasteiger partial charge in [-0.25, -0.2) is 4.98 Å². The van der Waals surface area contributed by atoms with Crippen molar-refractivity contribution >= 4 is 5.91 Å². The molecule has 0 radical (unpaired) electrons. The lowest BCUT2D eigenvalue weighted by atomic mass is 9.90. The van der Waals surface area contributed by atoms with Crippen molar-refractivity contribution in [2.45, 2.75) is 51.0 Å². The minimum Gasteiger partial charge on any atom is -0.393 e. The van der Waals surface area contributed by atoms with Crippen LogP contribution >= 0.6 is 0 Å². The Morgan fingerprint density at radius 3 is 2.38 bits per heavy atom. The number of piperidine rings is 1. The Kier molecular flexibility index (Phi) is 5.67. The van der Waals surface area contributed by atoms with E-state index < -0.39 is 0 Å². The third kappa shape index (κ3) is 4.49. The Balaban J connectivity index is 0.000000272. The molecule has 116 valence electrons. The first kappa shape index (κ1) is 15.9. The Hall–Kier alpha value is -1.49. The van der Waals surface area contributed by atoms with Crippen LogP contribution in [-0.4, -0.2) is 40.1 Å². The number of aliphatic hydroxyl groups excluding tert-OH is 1. The normalized spacial score (nSPS) is 19.5. The minimum atomic E-state index is -0.372. The Labute approximate surface area is 125 Å². The van der Waals surface area contributed by atoms with Crippen LogP contribution in [0.3, 0.4) is 0 Å². The molecule has 0 aromatic carbocycles. The van der Waals surface area contributed by atoms with E-state index in [9.17, 15) is 9.18 Å². The minimum absolute atomic E-state index is 0.0648. The van der Waals surface area contributed by atoms with Gasteiger partial charge in [-0.2, -0.15) is 4.39 Å². The third-order valence-corrected chi connectivity index (χ3v) is 4.24. The van der Waals surface area contributed by atoms with Gasteiger partial charge in [-0.1, -0.05) is 6.07 Å². The van der Waals surface area contributed by atoms with Crippen molar-refractivity contribution in [1.82, 2.24) is 9.88 Å². The summed E-state index contributed by atoms with van der Waals surface area (Å²) in [6.07, 6.45) is 6.49. The number of hydrogen-bond acceptors (Lipinski definition) is 3. The number of rotatable bonds is 1. The van der Waals surface area contributed by atoms with Crippen molar-refractivity contribution in [2.24, 2.45) is 0 Å². The van der Waals surface area contributed by atoms with E-state index in [1.807, 2.05) is 4.90 Å². The molecule has 1 aliphatic carbocycles. The Morgan fingerprint density at radius 2 is 1.95 bits per heavy atom. The van der Waals surface area contributed by atoms with Crippen molar-refractivity contribution in [1.29, 1.82) is 0 Å². The maximum absolute atomic E-state index is 13.4. The van der Waals surface area contributed by atoms with Crippen LogP contribution in [0.2, 0.25) is 0 Å². The van der Waals surface area contributed by atoms with Crippen molar-refractivity contribution in [3.05, 3.63) is 29.8 Å². The second kappa shape index (κ2) is 7.50. The molecular formula is C16H23FN2O2. The monoisotopic (exact) mass is 294 g/mol. The van der Waals surface area contributed by atoms with Gasteiger partial charge in [0.25, 0.3) is 0 Å². The molecule has 2 aliphatic rings. The van der Waals surface area contributed by atoms with Crippen molar-refractivity contribution < 1.29 is 14.3 Å². The van der Waals surface area contributed by atoms with Gasteiger partial charge in [0, 0.05) is 31.8 Å². The highest BCUT2D eigenvalue weighted by Crippen LogP contribution is 2.28. The van der Waals surface area contributed by atoms with E-state index in [-0.39, 0.29) is 23.9 Å². The van der Waals surface area contributed by atoms with E-state index in [4.69, 9.17) is 5.11 Å². The lowest BCUT2D eigenvalue weighted by molar-refractivity contribution is -0.129. The predicted molar refractivity (Wildman–Crippen MR) is 78.3 cm³/mol. The van der Waals surface area contributed by atoms with Gasteiger partial charge in [0.1, 0.15) is 0 Å². The summed E-state index contributed by atoms with van der Waals surface area (Å²) in [7, 11) is 0. The van der Waals surface area contributed by atoms with Gasteiger partial charge < -0.3 is 10.0 Å². The van der Waals surface area contributed by atoms with E-state index in [0.717, 1.165) is 25.7 Å². The average Bonchev–Trinajstić information content (AvgIpc) is 2.46. The number of aliphatic hydroxyl groups is 1. The molecule has 1 N–H and O–H groups in total. The lowest BCUT2D eigenvalue weighted by Gasteiger charge is -2.31. The van der Waals surface area contributed by atoms with Crippen LogP contribution in [0.5, 0.6) is 0 Å². The maximum Gasteiger partial charge on any atom is 0.219 e. The molecule has 0 unspecified atom stereocenters. The summed E-state index contributed by atoms with van der Waals surface area (Å²) in [6, 6.07) is 3.55. The fourth-order valence-electron chi connectivity index (χ4n) is 2.60. The number of pyridine rings is 1. The molecule has 1 aliphatic heterocycles. The highest BCUT2D eigenvalue weighted by Gasteiger charge is 2.24. The first-order chi connectivity index (χ1) is 10.1. The second-order valence-electron chi connectivity index (χ2n) is 5.75. The summed E-state index contributed by atoms with van der Waals surface area (Å²) in [5.41, 5.74) is 0.686. The molecule has 21 heavy (non-hydrogen) atoms. The summed E-state index contributed by atoms with van der Waals surface area (Å²) in [6.45, 7) is 3.01. The molecule has 1 aromatic heterocycles. The number of nitrogens with zero attached hydrogens (tertiary/aromatic N) is 2. The molecular weight excluding hydrogens is 271 g/mol. The van der Waals surface area contributed by atoms with Gasteiger partial charge in [0.2, 0.25) is 11.9 Å². The van der Waals surface area contributed by atoms with Crippen LogP contribution in [0.15, 0.2) is 18.3 Å². The van der Waals surface area contributed by atoms with E-state index >= 15 is 0 Å². The molecule has 3 rings (SSSR count). The molecule has 1 saturated heterocycles. The number of likely N-dealkylation sites (tertiary alicyclic amines) is 1. The van der Waals surface area contributed by atoms with Gasteiger partial charge in [-0.15, -0.1) is 0 Å². The quantitative estimate of drug-likeness (QED) is 0.810. The number of carbonyl (C=O) groups excluding carboxylic acids is 1. The van der Waals surface area contributed by atoms with Crippen LogP contribution in [0, 0.1) is 5.95 Å². The van der Waals surface area contributed by atoms with Crippen LogP contribution in [0.4, 0.5) is 4.39 Å². The standard InChI is InChI=1S/C12H15FN2O.C4H8O/c1-9(16)15-7-4-10(5-8-15)11-3-2-6-14-12(11)13;5-4-2-1-3-4/h2-3,6,10H,4-5,7-8H2,1H3;4-5H,1-3H2. The number of aromatic nitrogens is 1. The molecule has 2 fully saturated rings. The van der Waals surface area contributed by atoms with Crippen LogP contribution < -0.4 is 0 Å². The lowest BCUT2D eigenvalue weighted by Crippen LogP contribution is -2.36. The molecule has 0 spiro atoms. The SMILES string of the molecule is CC(=O)N1CCC(c2cccnc2F)CC1.OC1CCC1. The Morgan fingerprint density at radius 1 is 1.33 bits per heavy atom. The summed E-state index contributed by atoms with van der Waals surface area (Å²) >= 11 is 0. The fraction of sp³-hybridized carbons (Fsp3) is 0.625. The third-order valence-electron chi connectivity index (χ3n) is 4.24. The van der Waals surface area contributed by atoms with Crippen LogP contribution in [0.25, 0.3) is 0 Å². The first-order valence-corrected chi connectivity index (χ1v) is 7.62. The molecule has 5 heteroatoms. The van der Waals surface area contributed by atoms with Crippen molar-refractivity contribution in [2.75, 3.05) is 13.1 Å². The van der Waals surface area contributed by atoms with E-state index in [2.05, 4.69) is 4.98 Å². The molecule has 0 bridgehead atoms. The van der Waals surface area contributed by atoms with Gasteiger partial charge in [-0.3, -0.25) is 4.79 Å². The molecule has 4 nitrogen and oxygen atoms in total. The molecule has 2 heterocycles. The first-order valence-electron chi connectivity index (χ1n) is 7.62. The zero-order valence-electron chi connectivity index (χ0n) is 12.5. The summed E-state index contributed by atoms with van der Waals surface area (Å²) in [5, 5.41) is 8.45. The smallest absolute Gasteiger partial charge is 0.219 e. The number of amides is 1. The van der Waals surface area contributed by atoms with Gasteiger partial charge in [-0.05, 0) is 44.1 Å². The van der Waals surface area contributed by atoms with Crippen LogP contribution in [0.1, 0.15) is 50.5 Å². The summed E-state index contributed by atoms with van der Waals surface area (Å²) < 4.78 is 13.4. The largest absolute Gasteiger partial charge is 0.393 e. The highest BCUT2D eigenvalue weighted by molar-refractivity contribution is 5.73. The van der Waals surface area contributed by atoms with Gasteiger partial charge in [0.15, 0.2) is 0 Å². The predicted octanol–water partition coefficient (Wildman–Crippen LogP) is 2.48. The van der Waals surface area contributed by atoms with Gasteiger partial charge in [0.05, 0.1) is 6.10 Å². The molecule has 1 amide bonds. The average molecular weight is 294 g/mol. The Bertz CT molecular complexity index is 469. The number of halogens is 1. The maximum atomic E-state index is 13.4. The molecule has 1 saturated carbocycles. The topological polar surface area (TPSA) is 53.4 Å². The number of carbonyl (C=O) groups is 1. The highest BCUT2D eigenvalue weighted by atomic mass is 19.1. The number of hydrogen-bond donors (Lipinski definition) is 1. The van der Waals surface area contributed by atoms with E-state index in [1.54, 1.807) is 19.1 Å². The van der Waals surface area contributed by atoms with Crippen LogP contribution in [-0.2, 0) is 4.79 Å². The van der Waals surface area contributed by atoms with E-state index in [1.165, 1.54) is 12.6 Å². The zero-order chi connectivity index (χ0) is 15.2. The van der Waals surface area contributed by atoms with E-state index in [0.29, 0.717) is 18.7 Å². The molecule has 0 atom stereocenters. The van der Waals surface area contributed by atoms with Gasteiger partial charge >= 0.3 is 0 Å². The molecule has 1 aromatic rings. The summed E-state index contributed by atoms with van der Waals surface area (Å²) in [4.78, 5) is 16.6. The summed E-state index contributed by atoms with van der Waals surface area (Å²) in [5.74, 6) is -0.0711. The fourth-order valence-corrected chi connectivity index (χ4v) is 2.60. The van der Waals surface area contributed by atoms with Crippen molar-refractivity contribution in [3.8, 4) is 0 Å². The van der Waals surface area contributed by atoms with Crippen molar-refractivity contribution in [3.63, 3.8) is 0 Å².